The fourth-order valence-electron chi connectivity index (χ4n) is 2.69. The summed E-state index contributed by atoms with van der Waals surface area (Å²) in [6, 6.07) is 0. The van der Waals surface area contributed by atoms with Crippen LogP contribution in [0.15, 0.2) is 12.2 Å². The number of hydrogen-bond acceptors (Lipinski definition) is 2. The Labute approximate surface area is 85.0 Å². The van der Waals surface area contributed by atoms with Gasteiger partial charge in [0.25, 0.3) is 0 Å². The van der Waals surface area contributed by atoms with Gasteiger partial charge in [0.1, 0.15) is 5.78 Å². The molecule has 2 aliphatic carbocycles. The van der Waals surface area contributed by atoms with Gasteiger partial charge in [-0.2, -0.15) is 0 Å². The van der Waals surface area contributed by atoms with E-state index in [2.05, 4.69) is 6.08 Å². The zero-order chi connectivity index (χ0) is 10.5. The number of Topliss-reactive ketones (excluding diaryl/α,β-unsaturated/α-hetero) is 1. The smallest absolute Gasteiger partial charge is 0.142 e. The van der Waals surface area contributed by atoms with Gasteiger partial charge in [0, 0.05) is 17.3 Å². The van der Waals surface area contributed by atoms with Gasteiger partial charge in [0.15, 0.2) is 0 Å². The average molecular weight is 194 g/mol. The summed E-state index contributed by atoms with van der Waals surface area (Å²) in [5, 5.41) is 9.70. The normalized spacial score (nSPS) is 40.6. The Hall–Kier alpha value is -0.630. The van der Waals surface area contributed by atoms with Crippen molar-refractivity contribution in [1.29, 1.82) is 0 Å². The van der Waals surface area contributed by atoms with Crippen molar-refractivity contribution in [2.75, 3.05) is 0 Å². The van der Waals surface area contributed by atoms with E-state index in [9.17, 15) is 9.90 Å². The second-order valence-electron chi connectivity index (χ2n) is 5.57. The highest BCUT2D eigenvalue weighted by Gasteiger charge is 2.49. The first-order valence-corrected chi connectivity index (χ1v) is 5.32. The minimum Gasteiger partial charge on any atom is -0.392 e. The fourth-order valence-corrected chi connectivity index (χ4v) is 2.69. The molecule has 0 amide bonds. The first kappa shape index (κ1) is 9.91. The number of hydrogen-bond donors (Lipinski definition) is 1. The molecule has 0 aromatic rings. The molecular weight excluding hydrogens is 176 g/mol. The minimum atomic E-state index is -0.290. The van der Waals surface area contributed by atoms with E-state index in [4.69, 9.17) is 0 Å². The number of aliphatic hydroxyl groups is 1. The van der Waals surface area contributed by atoms with Crippen LogP contribution in [0, 0.1) is 23.2 Å². The predicted octanol–water partition coefficient (Wildman–Crippen LogP) is 1.78. The molecule has 1 N–H and O–H groups in total. The highest BCUT2D eigenvalue weighted by Crippen LogP contribution is 2.47. The molecule has 0 aliphatic heterocycles. The highest BCUT2D eigenvalue weighted by molar-refractivity contribution is 5.87. The van der Waals surface area contributed by atoms with Gasteiger partial charge in [-0.1, -0.05) is 32.9 Å². The van der Waals surface area contributed by atoms with Gasteiger partial charge >= 0.3 is 0 Å². The van der Waals surface area contributed by atoms with E-state index >= 15 is 0 Å². The Bertz CT molecular complexity index is 285. The van der Waals surface area contributed by atoms with E-state index in [0.717, 1.165) is 6.42 Å². The van der Waals surface area contributed by atoms with Crippen molar-refractivity contribution in [3.63, 3.8) is 0 Å². The number of allylic oxidation sites excluding steroid dienone is 1. The SMILES string of the molecule is CC(C)(C)C(=O)C1C2C=CC1C(O)C2. The number of fused-ring (bicyclic) bond motifs is 2. The summed E-state index contributed by atoms with van der Waals surface area (Å²) >= 11 is 0. The van der Waals surface area contributed by atoms with Crippen molar-refractivity contribution in [3.05, 3.63) is 12.2 Å². The third-order valence-electron chi connectivity index (χ3n) is 3.46. The van der Waals surface area contributed by atoms with Gasteiger partial charge in [-0.05, 0) is 12.3 Å². The van der Waals surface area contributed by atoms with Crippen molar-refractivity contribution >= 4 is 5.78 Å². The molecule has 0 aromatic carbocycles. The van der Waals surface area contributed by atoms with Crippen LogP contribution in [0.5, 0.6) is 0 Å². The van der Waals surface area contributed by atoms with Gasteiger partial charge in [-0.25, -0.2) is 0 Å². The van der Waals surface area contributed by atoms with E-state index < -0.39 is 0 Å². The van der Waals surface area contributed by atoms with Crippen LogP contribution in [0.2, 0.25) is 0 Å². The van der Waals surface area contributed by atoms with Gasteiger partial charge in [-0.15, -0.1) is 0 Å². The summed E-state index contributed by atoms with van der Waals surface area (Å²) < 4.78 is 0. The summed E-state index contributed by atoms with van der Waals surface area (Å²) in [6.45, 7) is 5.87. The third kappa shape index (κ3) is 1.33. The van der Waals surface area contributed by atoms with Crippen LogP contribution < -0.4 is 0 Å². The molecule has 0 spiro atoms. The molecule has 14 heavy (non-hydrogen) atoms. The van der Waals surface area contributed by atoms with E-state index in [1.54, 1.807) is 0 Å². The van der Waals surface area contributed by atoms with Crippen LogP contribution in [0.1, 0.15) is 27.2 Å². The second kappa shape index (κ2) is 2.93. The fraction of sp³-hybridized carbons (Fsp3) is 0.750. The molecular formula is C12H18O2. The van der Waals surface area contributed by atoms with Gasteiger partial charge < -0.3 is 5.11 Å². The van der Waals surface area contributed by atoms with Gasteiger partial charge in [-0.3, -0.25) is 4.79 Å². The molecule has 2 heteroatoms. The van der Waals surface area contributed by atoms with Crippen LogP contribution in [0.4, 0.5) is 0 Å². The van der Waals surface area contributed by atoms with Crippen LogP contribution in [0.25, 0.3) is 0 Å². The summed E-state index contributed by atoms with van der Waals surface area (Å²) in [5.41, 5.74) is -0.281. The topological polar surface area (TPSA) is 37.3 Å². The molecule has 4 atom stereocenters. The quantitative estimate of drug-likeness (QED) is 0.646. The summed E-state index contributed by atoms with van der Waals surface area (Å²) in [5.74, 6) is 0.729. The highest BCUT2D eigenvalue weighted by atomic mass is 16.3. The van der Waals surface area contributed by atoms with E-state index in [1.165, 1.54) is 0 Å². The molecule has 78 valence electrons. The molecule has 2 rings (SSSR count). The summed E-state index contributed by atoms with van der Waals surface area (Å²) in [4.78, 5) is 12.1. The predicted molar refractivity (Wildman–Crippen MR) is 54.7 cm³/mol. The van der Waals surface area contributed by atoms with Crippen molar-refractivity contribution in [1.82, 2.24) is 0 Å². The number of ketones is 1. The van der Waals surface area contributed by atoms with Crippen LogP contribution >= 0.6 is 0 Å². The Balaban J connectivity index is 2.20. The third-order valence-corrected chi connectivity index (χ3v) is 3.46. The number of aliphatic hydroxyl groups excluding tert-OH is 1. The molecule has 0 aromatic heterocycles. The monoisotopic (exact) mass is 194 g/mol. The van der Waals surface area contributed by atoms with Gasteiger partial charge in [0.05, 0.1) is 6.10 Å². The Morgan fingerprint density at radius 3 is 2.36 bits per heavy atom. The summed E-state index contributed by atoms with van der Waals surface area (Å²) in [6.07, 6.45) is 4.60. The lowest BCUT2D eigenvalue weighted by Crippen LogP contribution is -2.32. The lowest BCUT2D eigenvalue weighted by molar-refractivity contribution is -0.131. The first-order valence-electron chi connectivity index (χ1n) is 5.32. The molecule has 2 bridgehead atoms. The number of carbonyl (C=O) groups excluding carboxylic acids is 1. The maximum Gasteiger partial charge on any atom is 0.142 e. The van der Waals surface area contributed by atoms with Crippen LogP contribution in [-0.4, -0.2) is 17.0 Å². The van der Waals surface area contributed by atoms with E-state index in [-0.39, 0.29) is 23.4 Å². The lowest BCUT2D eigenvalue weighted by Gasteiger charge is -2.24. The first-order chi connectivity index (χ1) is 6.41. The largest absolute Gasteiger partial charge is 0.392 e. The molecule has 2 aliphatic rings. The minimum absolute atomic E-state index is 0.0463. The number of carbonyl (C=O) groups is 1. The Kier molecular flexibility index (Phi) is 2.07. The number of rotatable bonds is 1. The lowest BCUT2D eigenvalue weighted by atomic mass is 9.78. The standard InChI is InChI=1S/C12H18O2/c1-12(2,3)11(14)10-7-4-5-8(10)9(13)6-7/h4-5,7-10,13H,6H2,1-3H3. The van der Waals surface area contributed by atoms with Crippen molar-refractivity contribution in [2.24, 2.45) is 23.2 Å². The van der Waals surface area contributed by atoms with Crippen molar-refractivity contribution in [3.8, 4) is 0 Å². The van der Waals surface area contributed by atoms with Gasteiger partial charge in [0.2, 0.25) is 0 Å². The van der Waals surface area contributed by atoms with E-state index in [0.29, 0.717) is 11.7 Å². The zero-order valence-corrected chi connectivity index (χ0v) is 9.03. The maximum atomic E-state index is 12.1. The molecule has 0 saturated heterocycles. The average Bonchev–Trinajstić information content (AvgIpc) is 2.56. The molecule has 0 radical (unpaired) electrons. The molecule has 1 saturated carbocycles. The summed E-state index contributed by atoms with van der Waals surface area (Å²) in [7, 11) is 0. The van der Waals surface area contributed by atoms with Crippen LogP contribution in [-0.2, 0) is 4.79 Å². The second-order valence-corrected chi connectivity index (χ2v) is 5.57. The zero-order valence-electron chi connectivity index (χ0n) is 9.03. The maximum absolute atomic E-state index is 12.1. The Morgan fingerprint density at radius 1 is 1.36 bits per heavy atom. The molecule has 0 heterocycles. The van der Waals surface area contributed by atoms with Crippen LogP contribution in [0.3, 0.4) is 0 Å². The van der Waals surface area contributed by atoms with Crippen molar-refractivity contribution < 1.29 is 9.90 Å². The molecule has 4 unspecified atom stereocenters. The Morgan fingerprint density at radius 2 is 2.00 bits per heavy atom. The molecule has 2 nitrogen and oxygen atoms in total. The molecule has 1 fully saturated rings. The van der Waals surface area contributed by atoms with Crippen molar-refractivity contribution in [2.45, 2.75) is 33.3 Å². The van der Waals surface area contributed by atoms with E-state index in [1.807, 2.05) is 26.8 Å².